The smallest absolute Gasteiger partial charge is 0.324 e. The Balaban J connectivity index is 2.14. The van der Waals surface area contributed by atoms with E-state index in [-0.39, 0.29) is 11.7 Å². The first-order valence-electron chi connectivity index (χ1n) is 7.53. The lowest BCUT2D eigenvalue weighted by Crippen LogP contribution is -2.38. The summed E-state index contributed by atoms with van der Waals surface area (Å²) in [5.74, 6) is 0.382. The third-order valence-electron chi connectivity index (χ3n) is 3.92. The fourth-order valence-electron chi connectivity index (χ4n) is 2.52. The molecule has 134 valence electrons. The lowest BCUT2D eigenvalue weighted by molar-refractivity contribution is -0.137. The van der Waals surface area contributed by atoms with E-state index in [4.69, 9.17) is 5.26 Å². The van der Waals surface area contributed by atoms with Gasteiger partial charge in [0, 0.05) is 12.1 Å². The van der Waals surface area contributed by atoms with E-state index < -0.39 is 28.7 Å². The molecule has 0 aliphatic carbocycles. The van der Waals surface area contributed by atoms with Crippen LogP contribution in [0.3, 0.4) is 0 Å². The number of nitrogens with zero attached hydrogens (tertiary/aromatic N) is 3. The minimum Gasteiger partial charge on any atom is -0.324 e. The third-order valence-corrected chi connectivity index (χ3v) is 4.57. The molecule has 0 spiro atoms. The molecule has 1 aliphatic rings. The summed E-state index contributed by atoms with van der Waals surface area (Å²) in [7, 11) is 0. The van der Waals surface area contributed by atoms with Crippen molar-refractivity contribution in [2.24, 2.45) is 10.2 Å². The number of rotatable bonds is 5. The summed E-state index contributed by atoms with van der Waals surface area (Å²) in [6.45, 7) is 1.61. The Morgan fingerprint density at radius 1 is 1.52 bits per heavy atom. The Labute approximate surface area is 147 Å². The predicted octanol–water partition coefficient (Wildman–Crippen LogP) is 4.25. The summed E-state index contributed by atoms with van der Waals surface area (Å²) in [6.07, 6.45) is -1.49. The van der Waals surface area contributed by atoms with Crippen LogP contribution in [0.5, 0.6) is 0 Å². The van der Waals surface area contributed by atoms with E-state index in [2.05, 4.69) is 15.5 Å². The number of nitriles is 1. The van der Waals surface area contributed by atoms with Gasteiger partial charge in [0.15, 0.2) is 5.54 Å². The van der Waals surface area contributed by atoms with Gasteiger partial charge in [0.05, 0.1) is 23.2 Å². The van der Waals surface area contributed by atoms with E-state index in [0.29, 0.717) is 6.42 Å². The lowest BCUT2D eigenvalue weighted by atomic mass is 9.93. The second-order valence-corrected chi connectivity index (χ2v) is 6.94. The number of halogens is 3. The van der Waals surface area contributed by atoms with E-state index in [9.17, 15) is 18.0 Å². The maximum Gasteiger partial charge on any atom is 0.417 e. The van der Waals surface area contributed by atoms with Gasteiger partial charge in [-0.3, -0.25) is 4.79 Å². The number of anilines is 1. The zero-order valence-electron chi connectivity index (χ0n) is 13.7. The molecule has 25 heavy (non-hydrogen) atoms. The van der Waals surface area contributed by atoms with Crippen LogP contribution in [-0.2, 0) is 11.0 Å². The maximum absolute atomic E-state index is 13.0. The lowest BCUT2D eigenvalue weighted by Gasteiger charge is -2.20. The third kappa shape index (κ3) is 4.51. The molecular weight excluding hydrogens is 353 g/mol. The Bertz CT molecular complexity index is 729. The number of hydrogen-bond donors (Lipinski definition) is 1. The molecule has 1 aliphatic heterocycles. The maximum atomic E-state index is 13.0. The Hall–Kier alpha value is -2.08. The van der Waals surface area contributed by atoms with E-state index in [1.165, 1.54) is 12.1 Å². The summed E-state index contributed by atoms with van der Waals surface area (Å²) in [6, 6.07) is 4.51. The summed E-state index contributed by atoms with van der Waals surface area (Å²) in [5, 5.41) is 19.4. The summed E-state index contributed by atoms with van der Waals surface area (Å²) in [5.41, 5.74) is -2.70. The van der Waals surface area contributed by atoms with Crippen molar-refractivity contribution in [3.63, 3.8) is 0 Å². The molecule has 0 bridgehead atoms. The van der Waals surface area contributed by atoms with Crippen LogP contribution in [-0.4, -0.2) is 29.5 Å². The zero-order chi connectivity index (χ0) is 18.7. The fourth-order valence-corrected chi connectivity index (χ4v) is 3.03. The minimum atomic E-state index is -4.67. The largest absolute Gasteiger partial charge is 0.417 e. The summed E-state index contributed by atoms with van der Waals surface area (Å²) >= 11 is 1.67. The van der Waals surface area contributed by atoms with Gasteiger partial charge in [0.1, 0.15) is 0 Å². The monoisotopic (exact) mass is 370 g/mol. The van der Waals surface area contributed by atoms with Gasteiger partial charge in [-0.15, -0.1) is 0 Å². The molecule has 2 atom stereocenters. The standard InChI is InChI=1S/C16H17F3N4OS/c1-15(8-12(22-23-15)5-6-25-2)14(24)21-11-4-3-10(9-20)13(7-11)16(17,18)19/h3-4,7,12H,5-6,8H2,1-2H3,(H,21,24). The molecule has 1 amide bonds. The quantitative estimate of drug-likeness (QED) is 0.841. The van der Waals surface area contributed by atoms with Crippen LogP contribution >= 0.6 is 11.8 Å². The van der Waals surface area contributed by atoms with E-state index in [1.807, 2.05) is 6.26 Å². The molecule has 0 fully saturated rings. The van der Waals surface area contributed by atoms with Crippen molar-refractivity contribution in [3.05, 3.63) is 29.3 Å². The van der Waals surface area contributed by atoms with Gasteiger partial charge in [-0.05, 0) is 43.6 Å². The SMILES string of the molecule is CSCCC1CC(C)(C(=O)Nc2ccc(C#N)c(C(F)(F)F)c2)N=N1. The first-order chi connectivity index (χ1) is 11.7. The molecule has 0 saturated carbocycles. The fraction of sp³-hybridized carbons (Fsp3) is 0.500. The molecule has 1 aromatic rings. The zero-order valence-corrected chi connectivity index (χ0v) is 14.5. The highest BCUT2D eigenvalue weighted by Gasteiger charge is 2.41. The van der Waals surface area contributed by atoms with Gasteiger partial charge in [0.25, 0.3) is 5.91 Å². The number of carbonyl (C=O) groups excluding carboxylic acids is 1. The van der Waals surface area contributed by atoms with Crippen molar-refractivity contribution in [2.45, 2.75) is 37.5 Å². The van der Waals surface area contributed by atoms with E-state index in [0.717, 1.165) is 24.3 Å². The second-order valence-electron chi connectivity index (χ2n) is 5.95. The van der Waals surface area contributed by atoms with Gasteiger partial charge in [-0.25, -0.2) is 0 Å². The highest BCUT2D eigenvalue weighted by molar-refractivity contribution is 7.98. The van der Waals surface area contributed by atoms with Crippen molar-refractivity contribution in [3.8, 4) is 6.07 Å². The van der Waals surface area contributed by atoms with Crippen LogP contribution in [0, 0.1) is 11.3 Å². The number of azo groups is 1. The molecule has 5 nitrogen and oxygen atoms in total. The van der Waals surface area contributed by atoms with Crippen LogP contribution in [0.25, 0.3) is 0 Å². The van der Waals surface area contributed by atoms with Gasteiger partial charge in [0.2, 0.25) is 0 Å². The molecule has 0 aromatic heterocycles. The van der Waals surface area contributed by atoms with Crippen molar-refractivity contribution in [2.75, 3.05) is 17.3 Å². The van der Waals surface area contributed by atoms with E-state index in [1.54, 1.807) is 18.7 Å². The molecule has 9 heteroatoms. The molecule has 1 aromatic carbocycles. The van der Waals surface area contributed by atoms with Crippen LogP contribution in [0.15, 0.2) is 28.4 Å². The normalized spacial score (nSPS) is 22.6. The number of alkyl halides is 3. The minimum absolute atomic E-state index is 0.0275. The van der Waals surface area contributed by atoms with Crippen LogP contribution < -0.4 is 5.32 Å². The van der Waals surface area contributed by atoms with Gasteiger partial charge in [-0.1, -0.05) is 0 Å². The summed E-state index contributed by atoms with van der Waals surface area (Å²) in [4.78, 5) is 12.5. The summed E-state index contributed by atoms with van der Waals surface area (Å²) < 4.78 is 39.0. The average Bonchev–Trinajstić information content (AvgIpc) is 2.95. The van der Waals surface area contributed by atoms with Crippen LogP contribution in [0.2, 0.25) is 0 Å². The first kappa shape index (κ1) is 19.2. The van der Waals surface area contributed by atoms with Crippen LogP contribution in [0.1, 0.15) is 30.9 Å². The number of carbonyl (C=O) groups is 1. The van der Waals surface area contributed by atoms with Crippen LogP contribution in [0.4, 0.5) is 18.9 Å². The van der Waals surface area contributed by atoms with Crippen molar-refractivity contribution >= 4 is 23.4 Å². The molecule has 1 heterocycles. The number of hydrogen-bond acceptors (Lipinski definition) is 5. The number of amides is 1. The number of thioether (sulfide) groups is 1. The highest BCUT2D eigenvalue weighted by atomic mass is 32.2. The van der Waals surface area contributed by atoms with Gasteiger partial charge < -0.3 is 5.32 Å². The van der Waals surface area contributed by atoms with Crippen molar-refractivity contribution in [1.82, 2.24) is 0 Å². The molecular formula is C16H17F3N4OS. The average molecular weight is 370 g/mol. The molecule has 1 N–H and O–H groups in total. The first-order valence-corrected chi connectivity index (χ1v) is 8.93. The van der Waals surface area contributed by atoms with E-state index >= 15 is 0 Å². The van der Waals surface area contributed by atoms with Crippen molar-refractivity contribution in [1.29, 1.82) is 5.26 Å². The van der Waals surface area contributed by atoms with Crippen molar-refractivity contribution < 1.29 is 18.0 Å². The Kier molecular flexibility index (Phi) is 5.72. The molecule has 2 rings (SSSR count). The molecule has 0 radical (unpaired) electrons. The second kappa shape index (κ2) is 7.44. The topological polar surface area (TPSA) is 77.6 Å². The number of benzene rings is 1. The van der Waals surface area contributed by atoms with Gasteiger partial charge >= 0.3 is 6.18 Å². The Morgan fingerprint density at radius 3 is 2.84 bits per heavy atom. The highest BCUT2D eigenvalue weighted by Crippen LogP contribution is 2.35. The Morgan fingerprint density at radius 2 is 2.24 bits per heavy atom. The molecule has 0 saturated heterocycles. The predicted molar refractivity (Wildman–Crippen MR) is 89.5 cm³/mol. The molecule has 2 unspecified atom stereocenters. The number of nitrogens with one attached hydrogen (secondary N) is 1. The van der Waals surface area contributed by atoms with Gasteiger partial charge in [-0.2, -0.15) is 40.4 Å².